The maximum Gasteiger partial charge on any atom is 0.332 e. The SMILES string of the molecule is Cc1nnc(Cn2c(=O)c3c(n(C)c2=O)NCN3C)o1. The summed E-state index contributed by atoms with van der Waals surface area (Å²) in [6, 6.07) is 0. The Morgan fingerprint density at radius 1 is 1.30 bits per heavy atom. The van der Waals surface area contributed by atoms with Gasteiger partial charge < -0.3 is 14.6 Å². The highest BCUT2D eigenvalue weighted by molar-refractivity contribution is 5.69. The molecule has 106 valence electrons. The van der Waals surface area contributed by atoms with E-state index >= 15 is 0 Å². The fourth-order valence-corrected chi connectivity index (χ4v) is 2.25. The highest BCUT2D eigenvalue weighted by Gasteiger charge is 2.25. The molecule has 0 saturated heterocycles. The van der Waals surface area contributed by atoms with Crippen molar-refractivity contribution in [2.24, 2.45) is 7.05 Å². The number of hydrogen-bond acceptors (Lipinski definition) is 7. The number of rotatable bonds is 2. The van der Waals surface area contributed by atoms with Crippen LogP contribution in [0, 0.1) is 6.92 Å². The van der Waals surface area contributed by atoms with Crippen LogP contribution < -0.4 is 21.5 Å². The van der Waals surface area contributed by atoms with Crippen LogP contribution in [0.5, 0.6) is 0 Å². The molecule has 0 atom stereocenters. The van der Waals surface area contributed by atoms with E-state index in [0.29, 0.717) is 24.1 Å². The molecule has 0 unspecified atom stereocenters. The standard InChI is InChI=1S/C11H14N6O3/c1-6-13-14-7(20-6)4-17-10(18)8-9(12-5-15(8)2)16(3)11(17)19/h12H,4-5H2,1-3H3. The molecule has 9 nitrogen and oxygen atoms in total. The first-order chi connectivity index (χ1) is 9.49. The van der Waals surface area contributed by atoms with Crippen molar-refractivity contribution < 1.29 is 4.42 Å². The Hall–Kier alpha value is -2.58. The van der Waals surface area contributed by atoms with Crippen LogP contribution in [0.1, 0.15) is 11.8 Å². The van der Waals surface area contributed by atoms with Gasteiger partial charge in [-0.1, -0.05) is 0 Å². The van der Waals surface area contributed by atoms with E-state index in [2.05, 4.69) is 15.5 Å². The molecular weight excluding hydrogens is 264 g/mol. The first kappa shape index (κ1) is 12.5. The molecule has 1 N–H and O–H groups in total. The molecular formula is C11H14N6O3. The van der Waals surface area contributed by atoms with Gasteiger partial charge in [0.2, 0.25) is 11.8 Å². The molecule has 0 radical (unpaired) electrons. The van der Waals surface area contributed by atoms with Crippen LogP contribution >= 0.6 is 0 Å². The predicted molar refractivity (Wildman–Crippen MR) is 71.0 cm³/mol. The average molecular weight is 278 g/mol. The van der Waals surface area contributed by atoms with Gasteiger partial charge in [0.1, 0.15) is 18.1 Å². The molecule has 2 aromatic rings. The summed E-state index contributed by atoms with van der Waals surface area (Å²) in [5.41, 5.74) is -0.331. The molecule has 3 rings (SSSR count). The van der Waals surface area contributed by atoms with Gasteiger partial charge in [0.25, 0.3) is 5.56 Å². The lowest BCUT2D eigenvalue weighted by Gasteiger charge is -2.12. The zero-order valence-corrected chi connectivity index (χ0v) is 11.4. The van der Waals surface area contributed by atoms with Crippen LogP contribution in [0.2, 0.25) is 0 Å². The number of nitrogens with one attached hydrogen (secondary N) is 1. The van der Waals surface area contributed by atoms with Gasteiger partial charge in [0, 0.05) is 21.0 Å². The fourth-order valence-electron chi connectivity index (χ4n) is 2.25. The van der Waals surface area contributed by atoms with Gasteiger partial charge in [-0.25, -0.2) is 9.36 Å². The van der Waals surface area contributed by atoms with E-state index in [0.717, 1.165) is 4.57 Å². The Morgan fingerprint density at radius 2 is 2.05 bits per heavy atom. The van der Waals surface area contributed by atoms with E-state index in [4.69, 9.17) is 4.42 Å². The van der Waals surface area contributed by atoms with E-state index in [1.807, 2.05) is 0 Å². The lowest BCUT2D eigenvalue weighted by atomic mass is 10.4. The lowest BCUT2D eigenvalue weighted by Crippen LogP contribution is -2.40. The molecule has 9 heteroatoms. The maximum atomic E-state index is 12.4. The van der Waals surface area contributed by atoms with Gasteiger partial charge in [0.15, 0.2) is 0 Å². The van der Waals surface area contributed by atoms with Crippen LogP contribution in [0.4, 0.5) is 11.5 Å². The van der Waals surface area contributed by atoms with Crippen LogP contribution in [-0.4, -0.2) is 33.0 Å². The molecule has 0 bridgehead atoms. The summed E-state index contributed by atoms with van der Waals surface area (Å²) < 4.78 is 7.72. The number of fused-ring (bicyclic) bond motifs is 1. The largest absolute Gasteiger partial charge is 0.424 e. The monoisotopic (exact) mass is 278 g/mol. The number of nitrogens with zero attached hydrogens (tertiary/aromatic N) is 5. The first-order valence-electron chi connectivity index (χ1n) is 6.07. The number of aromatic nitrogens is 4. The second kappa shape index (κ2) is 4.22. The zero-order valence-electron chi connectivity index (χ0n) is 11.4. The molecule has 0 aromatic carbocycles. The van der Waals surface area contributed by atoms with Gasteiger partial charge in [-0.05, 0) is 0 Å². The zero-order chi connectivity index (χ0) is 14.4. The van der Waals surface area contributed by atoms with Crippen LogP contribution in [0.25, 0.3) is 0 Å². The van der Waals surface area contributed by atoms with Crippen molar-refractivity contribution >= 4 is 11.5 Å². The van der Waals surface area contributed by atoms with Crippen LogP contribution in [0.15, 0.2) is 14.0 Å². The van der Waals surface area contributed by atoms with Crippen molar-refractivity contribution in [1.29, 1.82) is 0 Å². The third-order valence-electron chi connectivity index (χ3n) is 3.25. The lowest BCUT2D eigenvalue weighted by molar-refractivity contribution is 0.444. The smallest absolute Gasteiger partial charge is 0.332 e. The third-order valence-corrected chi connectivity index (χ3v) is 3.25. The van der Waals surface area contributed by atoms with Gasteiger partial charge in [-0.3, -0.25) is 9.36 Å². The van der Waals surface area contributed by atoms with E-state index in [-0.39, 0.29) is 18.0 Å². The number of aryl methyl sites for hydroxylation is 1. The van der Waals surface area contributed by atoms with E-state index in [1.54, 1.807) is 25.9 Å². The minimum atomic E-state index is -0.424. The molecule has 0 amide bonds. The normalized spacial score (nSPS) is 13.4. The Bertz CT molecular complexity index is 786. The van der Waals surface area contributed by atoms with Gasteiger partial charge in [-0.15, -0.1) is 10.2 Å². The Morgan fingerprint density at radius 3 is 2.70 bits per heavy atom. The Balaban J connectivity index is 2.17. The van der Waals surface area contributed by atoms with Crippen molar-refractivity contribution in [3.05, 3.63) is 32.6 Å². The summed E-state index contributed by atoms with van der Waals surface area (Å²) in [5.74, 6) is 1.15. The summed E-state index contributed by atoms with van der Waals surface area (Å²) in [4.78, 5) is 26.4. The number of hydrogen-bond donors (Lipinski definition) is 1. The maximum absolute atomic E-state index is 12.4. The second-order valence-corrected chi connectivity index (χ2v) is 4.68. The summed E-state index contributed by atoms with van der Waals surface area (Å²) >= 11 is 0. The summed E-state index contributed by atoms with van der Waals surface area (Å²) in [7, 11) is 3.40. The molecule has 0 spiro atoms. The third kappa shape index (κ3) is 1.70. The van der Waals surface area contributed by atoms with E-state index in [9.17, 15) is 9.59 Å². The average Bonchev–Trinajstić information content (AvgIpc) is 2.98. The molecule has 1 aliphatic rings. The van der Waals surface area contributed by atoms with Crippen molar-refractivity contribution in [3.8, 4) is 0 Å². The van der Waals surface area contributed by atoms with Gasteiger partial charge in [0.05, 0.1) is 6.67 Å². The molecule has 0 aliphatic carbocycles. The molecule has 20 heavy (non-hydrogen) atoms. The van der Waals surface area contributed by atoms with Crippen molar-refractivity contribution in [2.45, 2.75) is 13.5 Å². The Kier molecular flexibility index (Phi) is 2.63. The highest BCUT2D eigenvalue weighted by atomic mass is 16.4. The van der Waals surface area contributed by atoms with Gasteiger partial charge in [-0.2, -0.15) is 0 Å². The topological polar surface area (TPSA) is 98.2 Å². The van der Waals surface area contributed by atoms with Crippen molar-refractivity contribution in [3.63, 3.8) is 0 Å². The fraction of sp³-hybridized carbons (Fsp3) is 0.455. The minimum Gasteiger partial charge on any atom is -0.424 e. The summed E-state index contributed by atoms with van der Waals surface area (Å²) in [5, 5.41) is 10.5. The second-order valence-electron chi connectivity index (χ2n) is 4.68. The summed E-state index contributed by atoms with van der Waals surface area (Å²) in [6.45, 7) is 2.10. The van der Waals surface area contributed by atoms with Gasteiger partial charge >= 0.3 is 5.69 Å². The Labute approximate surface area is 113 Å². The summed E-state index contributed by atoms with van der Waals surface area (Å²) in [6.07, 6.45) is 0. The van der Waals surface area contributed by atoms with E-state index in [1.165, 1.54) is 4.57 Å². The van der Waals surface area contributed by atoms with Crippen LogP contribution in [0.3, 0.4) is 0 Å². The molecule has 1 aliphatic heterocycles. The first-order valence-corrected chi connectivity index (χ1v) is 6.07. The molecule has 3 heterocycles. The number of anilines is 2. The quantitative estimate of drug-likeness (QED) is 0.760. The predicted octanol–water partition coefficient (Wildman–Crippen LogP) is -0.894. The minimum absolute atomic E-state index is 0.0343. The van der Waals surface area contributed by atoms with Crippen molar-refractivity contribution in [2.75, 3.05) is 23.9 Å². The molecule has 2 aromatic heterocycles. The van der Waals surface area contributed by atoms with E-state index < -0.39 is 5.69 Å². The molecule has 0 fully saturated rings. The van der Waals surface area contributed by atoms with Crippen LogP contribution in [-0.2, 0) is 13.6 Å². The van der Waals surface area contributed by atoms with Crippen molar-refractivity contribution in [1.82, 2.24) is 19.3 Å². The molecule has 0 saturated carbocycles. The highest BCUT2D eigenvalue weighted by Crippen LogP contribution is 2.23.